The van der Waals surface area contributed by atoms with Gasteiger partial charge < -0.3 is 24.1 Å². The highest BCUT2D eigenvalue weighted by atomic mass is 16.5. The Labute approximate surface area is 204 Å². The van der Waals surface area contributed by atoms with Crippen LogP contribution in [0.2, 0.25) is 0 Å². The molecule has 3 heterocycles. The van der Waals surface area contributed by atoms with E-state index in [0.29, 0.717) is 22.8 Å². The average Bonchev–Trinajstić information content (AvgIpc) is 3.34. The predicted octanol–water partition coefficient (Wildman–Crippen LogP) is 4.45. The lowest BCUT2D eigenvalue weighted by atomic mass is 9.84. The van der Waals surface area contributed by atoms with Crippen molar-refractivity contribution in [1.82, 2.24) is 9.47 Å². The Morgan fingerprint density at radius 3 is 2.34 bits per heavy atom. The third-order valence-corrected chi connectivity index (χ3v) is 6.85. The van der Waals surface area contributed by atoms with Crippen molar-refractivity contribution in [3.8, 4) is 17.2 Å². The molecule has 0 radical (unpaired) electrons. The van der Waals surface area contributed by atoms with E-state index in [0.717, 1.165) is 33.4 Å². The number of benzene rings is 2. The molecule has 2 aliphatic heterocycles. The first-order valence-corrected chi connectivity index (χ1v) is 11.6. The van der Waals surface area contributed by atoms with Gasteiger partial charge in [-0.2, -0.15) is 0 Å². The van der Waals surface area contributed by atoms with Crippen LogP contribution in [0, 0.1) is 0 Å². The topological polar surface area (TPSA) is 82.0 Å². The van der Waals surface area contributed by atoms with Crippen molar-refractivity contribution in [3.05, 3.63) is 58.9 Å². The minimum absolute atomic E-state index is 0.204. The number of amides is 2. The molecule has 0 saturated carbocycles. The van der Waals surface area contributed by atoms with Crippen molar-refractivity contribution in [2.75, 3.05) is 33.2 Å². The number of methoxy groups -OCH3 is 3. The summed E-state index contributed by atoms with van der Waals surface area (Å²) in [7, 11) is 4.70. The molecular weight excluding hydrogens is 446 g/mol. The maximum atomic E-state index is 13.7. The second kappa shape index (κ2) is 8.37. The first kappa shape index (κ1) is 22.8. The molecule has 0 aliphatic carbocycles. The van der Waals surface area contributed by atoms with E-state index >= 15 is 0 Å². The summed E-state index contributed by atoms with van der Waals surface area (Å²) in [6, 6.07) is 10.1. The van der Waals surface area contributed by atoms with Crippen molar-refractivity contribution in [1.29, 1.82) is 0 Å². The monoisotopic (exact) mass is 475 g/mol. The Kier molecular flexibility index (Phi) is 5.46. The Hall–Kier alpha value is -3.94. The van der Waals surface area contributed by atoms with Crippen molar-refractivity contribution >= 4 is 28.4 Å². The zero-order chi connectivity index (χ0) is 25.0. The van der Waals surface area contributed by atoms with Crippen LogP contribution in [0.5, 0.6) is 17.2 Å². The van der Waals surface area contributed by atoms with E-state index in [1.807, 2.05) is 24.3 Å². The van der Waals surface area contributed by atoms with E-state index in [9.17, 15) is 9.59 Å². The van der Waals surface area contributed by atoms with Crippen LogP contribution in [0.4, 0.5) is 5.69 Å². The van der Waals surface area contributed by atoms with E-state index in [2.05, 4.69) is 36.0 Å². The molecule has 3 aromatic rings. The third-order valence-electron chi connectivity index (χ3n) is 6.85. The highest BCUT2D eigenvalue weighted by Gasteiger charge is 2.42. The number of nitrogens with zero attached hydrogens (tertiary/aromatic N) is 2. The van der Waals surface area contributed by atoms with Gasteiger partial charge in [-0.3, -0.25) is 14.5 Å². The van der Waals surface area contributed by atoms with E-state index in [1.54, 1.807) is 21.3 Å². The van der Waals surface area contributed by atoms with E-state index in [4.69, 9.17) is 14.2 Å². The molecule has 1 aromatic heterocycles. The summed E-state index contributed by atoms with van der Waals surface area (Å²) < 4.78 is 19.0. The molecule has 0 spiro atoms. The Bertz CT molecular complexity index is 1380. The van der Waals surface area contributed by atoms with Gasteiger partial charge in [-0.1, -0.05) is 6.07 Å². The molecule has 0 bridgehead atoms. The van der Waals surface area contributed by atoms with Gasteiger partial charge in [0.1, 0.15) is 0 Å². The molecule has 35 heavy (non-hydrogen) atoms. The SMILES string of the molecule is COc1cc([C@@H]2C3=C(CN(C(C)=O)C3=O)Nc3cccc4c3c2cn4C(C)C)cc(OC)c1OC. The zero-order valence-electron chi connectivity index (χ0n) is 20.8. The molecule has 2 amide bonds. The summed E-state index contributed by atoms with van der Waals surface area (Å²) in [6.07, 6.45) is 2.12. The van der Waals surface area contributed by atoms with E-state index in [1.165, 1.54) is 11.8 Å². The second-order valence-corrected chi connectivity index (χ2v) is 9.10. The van der Waals surface area contributed by atoms with Crippen LogP contribution < -0.4 is 19.5 Å². The highest BCUT2D eigenvalue weighted by Crippen LogP contribution is 2.49. The lowest BCUT2D eigenvalue weighted by Gasteiger charge is -2.22. The van der Waals surface area contributed by atoms with Crippen molar-refractivity contribution in [2.24, 2.45) is 0 Å². The van der Waals surface area contributed by atoms with Crippen molar-refractivity contribution in [2.45, 2.75) is 32.7 Å². The molecule has 5 rings (SSSR count). The maximum absolute atomic E-state index is 13.7. The third kappa shape index (κ3) is 3.35. The number of carbonyl (C=O) groups is 2. The summed E-state index contributed by atoms with van der Waals surface area (Å²) in [4.78, 5) is 27.3. The van der Waals surface area contributed by atoms with Gasteiger partial charge in [0.05, 0.1) is 39.0 Å². The number of hydrogen-bond acceptors (Lipinski definition) is 6. The van der Waals surface area contributed by atoms with Gasteiger partial charge in [0, 0.05) is 41.9 Å². The molecule has 0 unspecified atom stereocenters. The summed E-state index contributed by atoms with van der Waals surface area (Å²) >= 11 is 0. The number of carbonyl (C=O) groups excluding carboxylic acids is 2. The fourth-order valence-electron chi connectivity index (χ4n) is 5.27. The molecule has 8 heteroatoms. The zero-order valence-corrected chi connectivity index (χ0v) is 20.8. The molecule has 1 N–H and O–H groups in total. The van der Waals surface area contributed by atoms with Crippen LogP contribution in [0.25, 0.3) is 10.9 Å². The smallest absolute Gasteiger partial charge is 0.259 e. The number of anilines is 1. The number of hydrogen-bond donors (Lipinski definition) is 1. The average molecular weight is 476 g/mol. The van der Waals surface area contributed by atoms with Gasteiger partial charge in [0.25, 0.3) is 5.91 Å². The standard InChI is InChI=1S/C27H29N3O5/c1-14(2)29-12-17-23(16-10-21(33-4)26(35-6)22(11-16)34-5)25-19(13-30(15(3)31)27(25)32)28-18-8-7-9-20(29)24(17)18/h7-12,14,23,28H,13H2,1-6H3/t23-/m0/s1. The largest absolute Gasteiger partial charge is 0.493 e. The molecule has 0 fully saturated rings. The number of aromatic nitrogens is 1. The molecule has 2 aliphatic rings. The fourth-order valence-corrected chi connectivity index (χ4v) is 5.27. The summed E-state index contributed by atoms with van der Waals surface area (Å²) in [5.74, 6) is 0.455. The quantitative estimate of drug-likeness (QED) is 0.587. The molecule has 8 nitrogen and oxygen atoms in total. The molecular formula is C27H29N3O5. The summed E-state index contributed by atoms with van der Waals surface area (Å²) in [5.41, 5.74) is 5.06. The van der Waals surface area contributed by atoms with Gasteiger partial charge in [-0.05, 0) is 49.2 Å². The minimum Gasteiger partial charge on any atom is -0.493 e. The summed E-state index contributed by atoms with van der Waals surface area (Å²) in [6.45, 7) is 5.88. The number of nitrogens with one attached hydrogen (secondary N) is 1. The molecule has 2 aromatic carbocycles. The fraction of sp³-hybridized carbons (Fsp3) is 0.333. The van der Waals surface area contributed by atoms with Crippen LogP contribution in [-0.2, 0) is 9.59 Å². The highest BCUT2D eigenvalue weighted by molar-refractivity contribution is 6.11. The number of rotatable bonds is 5. The van der Waals surface area contributed by atoms with Crippen LogP contribution in [0.3, 0.4) is 0 Å². The van der Waals surface area contributed by atoms with Crippen LogP contribution in [0.1, 0.15) is 43.9 Å². The van der Waals surface area contributed by atoms with Crippen LogP contribution in [-0.4, -0.2) is 49.2 Å². The van der Waals surface area contributed by atoms with Gasteiger partial charge in [0.15, 0.2) is 11.5 Å². The maximum Gasteiger partial charge on any atom is 0.259 e. The number of imide groups is 1. The molecule has 182 valence electrons. The number of ether oxygens (including phenoxy) is 3. The van der Waals surface area contributed by atoms with Crippen LogP contribution in [0.15, 0.2) is 47.8 Å². The van der Waals surface area contributed by atoms with E-state index in [-0.39, 0.29) is 24.4 Å². The first-order valence-electron chi connectivity index (χ1n) is 11.6. The Morgan fingerprint density at radius 1 is 1.09 bits per heavy atom. The van der Waals surface area contributed by atoms with Crippen molar-refractivity contribution in [3.63, 3.8) is 0 Å². The minimum atomic E-state index is -0.450. The molecule has 1 atom stereocenters. The lowest BCUT2D eigenvalue weighted by molar-refractivity contribution is -0.139. The van der Waals surface area contributed by atoms with Gasteiger partial charge in [-0.15, -0.1) is 0 Å². The first-order chi connectivity index (χ1) is 16.8. The van der Waals surface area contributed by atoms with Crippen molar-refractivity contribution < 1.29 is 23.8 Å². The van der Waals surface area contributed by atoms with Crippen LogP contribution >= 0.6 is 0 Å². The Balaban J connectivity index is 1.85. The normalized spacial score (nSPS) is 16.9. The second-order valence-electron chi connectivity index (χ2n) is 9.10. The predicted molar refractivity (Wildman–Crippen MR) is 133 cm³/mol. The van der Waals surface area contributed by atoms with E-state index < -0.39 is 5.92 Å². The molecule has 0 saturated heterocycles. The Morgan fingerprint density at radius 2 is 1.77 bits per heavy atom. The van der Waals surface area contributed by atoms with Gasteiger partial charge in [-0.25, -0.2) is 0 Å². The van der Waals surface area contributed by atoms with Gasteiger partial charge in [0.2, 0.25) is 11.7 Å². The lowest BCUT2D eigenvalue weighted by Crippen LogP contribution is -2.33. The summed E-state index contributed by atoms with van der Waals surface area (Å²) in [5, 5.41) is 4.55. The van der Waals surface area contributed by atoms with Gasteiger partial charge >= 0.3 is 0 Å².